The van der Waals surface area contributed by atoms with Crippen LogP contribution < -0.4 is 16.4 Å². The Balaban J connectivity index is 1.90. The van der Waals surface area contributed by atoms with Gasteiger partial charge in [-0.3, -0.25) is 4.79 Å². The summed E-state index contributed by atoms with van der Waals surface area (Å²) in [7, 11) is 0. The summed E-state index contributed by atoms with van der Waals surface area (Å²) in [5, 5.41) is 6.36. The van der Waals surface area contributed by atoms with Crippen molar-refractivity contribution >= 4 is 11.6 Å². The highest BCUT2D eigenvalue weighted by molar-refractivity contribution is 5.93. The molecule has 2 rings (SSSR count). The van der Waals surface area contributed by atoms with E-state index in [9.17, 15) is 4.79 Å². The number of carbonyl (C=O) groups excluding carboxylic acids is 1. The van der Waals surface area contributed by atoms with Crippen molar-refractivity contribution in [2.75, 3.05) is 18.4 Å². The Kier molecular flexibility index (Phi) is 4.93. The number of aryl methyl sites for hydroxylation is 1. The highest BCUT2D eigenvalue weighted by Crippen LogP contribution is 2.23. The molecule has 0 aromatic heterocycles. The summed E-state index contributed by atoms with van der Waals surface area (Å²) in [6.07, 6.45) is 2.55. The Bertz CT molecular complexity index is 441. The summed E-state index contributed by atoms with van der Waals surface area (Å²) in [6, 6.07) is 6.26. The van der Waals surface area contributed by atoms with Crippen LogP contribution in [-0.4, -0.2) is 19.0 Å². The molecule has 1 unspecified atom stereocenters. The maximum Gasteiger partial charge on any atom is 0.224 e. The fraction of sp³-hybridized carbons (Fsp3) is 0.533. The van der Waals surface area contributed by atoms with Gasteiger partial charge in [0.25, 0.3) is 0 Å². The van der Waals surface area contributed by atoms with Crippen LogP contribution in [0.15, 0.2) is 18.2 Å². The summed E-state index contributed by atoms with van der Waals surface area (Å²) in [6.45, 7) is 4.72. The molecule has 1 atom stereocenters. The van der Waals surface area contributed by atoms with E-state index in [-0.39, 0.29) is 5.91 Å². The van der Waals surface area contributed by atoms with Crippen LogP contribution in [0.5, 0.6) is 0 Å². The van der Waals surface area contributed by atoms with Gasteiger partial charge in [-0.1, -0.05) is 25.5 Å². The predicted octanol–water partition coefficient (Wildman–Crippen LogP) is 1.65. The van der Waals surface area contributed by atoms with Gasteiger partial charge < -0.3 is 16.4 Å². The van der Waals surface area contributed by atoms with Gasteiger partial charge in [-0.2, -0.15) is 0 Å². The molecule has 1 aliphatic rings. The molecule has 1 amide bonds. The van der Waals surface area contributed by atoms with E-state index in [1.165, 1.54) is 11.1 Å². The van der Waals surface area contributed by atoms with Gasteiger partial charge in [0.2, 0.25) is 5.91 Å². The zero-order valence-corrected chi connectivity index (χ0v) is 11.5. The topological polar surface area (TPSA) is 67.1 Å². The summed E-state index contributed by atoms with van der Waals surface area (Å²) in [5.74, 6) is 0.670. The molecule has 0 spiro atoms. The van der Waals surface area contributed by atoms with E-state index >= 15 is 0 Å². The number of hydrogen-bond acceptors (Lipinski definition) is 3. The largest absolute Gasteiger partial charge is 0.330 e. The van der Waals surface area contributed by atoms with Crippen molar-refractivity contribution in [1.82, 2.24) is 5.32 Å². The average Bonchev–Trinajstić information content (AvgIpc) is 2.43. The number of anilines is 1. The fourth-order valence-electron chi connectivity index (χ4n) is 2.36. The summed E-state index contributed by atoms with van der Waals surface area (Å²) in [4.78, 5) is 11.3. The van der Waals surface area contributed by atoms with E-state index in [2.05, 4.69) is 29.7 Å². The van der Waals surface area contributed by atoms with E-state index in [0.29, 0.717) is 12.3 Å². The predicted molar refractivity (Wildman–Crippen MR) is 77.9 cm³/mol. The molecule has 1 aliphatic heterocycles. The molecule has 0 saturated carbocycles. The molecule has 0 saturated heterocycles. The van der Waals surface area contributed by atoms with Gasteiger partial charge >= 0.3 is 0 Å². The molecular formula is C15H23N3O. The summed E-state index contributed by atoms with van der Waals surface area (Å²) < 4.78 is 0. The smallest absolute Gasteiger partial charge is 0.224 e. The van der Waals surface area contributed by atoms with E-state index in [4.69, 9.17) is 5.73 Å². The molecule has 4 nitrogen and oxygen atoms in total. The van der Waals surface area contributed by atoms with Crippen LogP contribution in [0.25, 0.3) is 0 Å². The third kappa shape index (κ3) is 3.78. The number of hydrogen-bond donors (Lipinski definition) is 3. The number of amides is 1. The van der Waals surface area contributed by atoms with Gasteiger partial charge in [0, 0.05) is 18.7 Å². The zero-order chi connectivity index (χ0) is 13.7. The van der Waals surface area contributed by atoms with Crippen molar-refractivity contribution in [3.05, 3.63) is 29.3 Å². The zero-order valence-electron chi connectivity index (χ0n) is 11.5. The Hall–Kier alpha value is -1.39. The third-order valence-corrected chi connectivity index (χ3v) is 3.74. The SMILES string of the molecule is CCC(CN)CNCc1ccc2c(c1)CCC(=O)N2. The van der Waals surface area contributed by atoms with E-state index < -0.39 is 0 Å². The number of rotatable bonds is 6. The van der Waals surface area contributed by atoms with Crippen molar-refractivity contribution in [1.29, 1.82) is 0 Å². The molecule has 4 heteroatoms. The van der Waals surface area contributed by atoms with Crippen LogP contribution in [0.4, 0.5) is 5.69 Å². The van der Waals surface area contributed by atoms with Crippen LogP contribution in [0, 0.1) is 5.92 Å². The van der Waals surface area contributed by atoms with Crippen LogP contribution in [-0.2, 0) is 17.8 Å². The maximum atomic E-state index is 11.3. The number of benzene rings is 1. The standard InChI is InChI=1S/C15H23N3O/c1-2-11(8-16)9-17-10-12-3-5-14-13(7-12)4-6-15(19)18-14/h3,5,7,11,17H,2,4,6,8-10,16H2,1H3,(H,18,19). The second-order valence-electron chi connectivity index (χ2n) is 5.18. The molecule has 104 valence electrons. The van der Waals surface area contributed by atoms with Crippen LogP contribution in [0.1, 0.15) is 30.9 Å². The number of fused-ring (bicyclic) bond motifs is 1. The molecule has 0 aliphatic carbocycles. The highest BCUT2D eigenvalue weighted by Gasteiger charge is 2.14. The molecule has 0 radical (unpaired) electrons. The minimum atomic E-state index is 0.118. The van der Waals surface area contributed by atoms with Crippen LogP contribution in [0.2, 0.25) is 0 Å². The normalized spacial score (nSPS) is 15.8. The van der Waals surface area contributed by atoms with Crippen molar-refractivity contribution in [3.63, 3.8) is 0 Å². The first kappa shape index (κ1) is 14.0. The first-order valence-corrected chi connectivity index (χ1v) is 7.05. The van der Waals surface area contributed by atoms with Crippen molar-refractivity contribution < 1.29 is 4.79 Å². The number of carbonyl (C=O) groups is 1. The minimum Gasteiger partial charge on any atom is -0.330 e. The second-order valence-corrected chi connectivity index (χ2v) is 5.18. The quantitative estimate of drug-likeness (QED) is 0.729. The van der Waals surface area contributed by atoms with Crippen molar-refractivity contribution in [3.8, 4) is 0 Å². The first-order chi connectivity index (χ1) is 9.22. The summed E-state index contributed by atoms with van der Waals surface area (Å²) >= 11 is 0. The molecule has 19 heavy (non-hydrogen) atoms. The van der Waals surface area contributed by atoms with E-state index in [1.54, 1.807) is 0 Å². The van der Waals surface area contributed by atoms with Gasteiger partial charge in [0.15, 0.2) is 0 Å². The molecule has 4 N–H and O–H groups in total. The third-order valence-electron chi connectivity index (χ3n) is 3.74. The maximum absolute atomic E-state index is 11.3. The Labute approximate surface area is 114 Å². The van der Waals surface area contributed by atoms with Crippen LogP contribution >= 0.6 is 0 Å². The Morgan fingerprint density at radius 1 is 1.42 bits per heavy atom. The fourth-order valence-corrected chi connectivity index (χ4v) is 2.36. The van der Waals surface area contributed by atoms with Gasteiger partial charge in [-0.05, 0) is 42.6 Å². The Morgan fingerprint density at radius 2 is 2.26 bits per heavy atom. The van der Waals surface area contributed by atoms with Gasteiger partial charge in [0.1, 0.15) is 0 Å². The number of nitrogens with one attached hydrogen (secondary N) is 2. The number of nitrogens with two attached hydrogens (primary N) is 1. The van der Waals surface area contributed by atoms with Gasteiger partial charge in [0.05, 0.1) is 0 Å². The Morgan fingerprint density at radius 3 is 3.00 bits per heavy atom. The molecular weight excluding hydrogens is 238 g/mol. The van der Waals surface area contributed by atoms with E-state index in [0.717, 1.165) is 38.2 Å². The molecule has 1 aromatic carbocycles. The molecule has 0 bridgehead atoms. The molecule has 0 fully saturated rings. The molecule has 1 heterocycles. The highest BCUT2D eigenvalue weighted by atomic mass is 16.1. The lowest BCUT2D eigenvalue weighted by atomic mass is 10.0. The van der Waals surface area contributed by atoms with Crippen molar-refractivity contribution in [2.45, 2.75) is 32.7 Å². The van der Waals surface area contributed by atoms with Crippen molar-refractivity contribution in [2.24, 2.45) is 11.7 Å². The lowest BCUT2D eigenvalue weighted by Gasteiger charge is -2.18. The summed E-state index contributed by atoms with van der Waals surface area (Å²) in [5.41, 5.74) is 9.16. The second kappa shape index (κ2) is 6.68. The average molecular weight is 261 g/mol. The van der Waals surface area contributed by atoms with Gasteiger partial charge in [-0.25, -0.2) is 0 Å². The van der Waals surface area contributed by atoms with E-state index in [1.807, 2.05) is 6.07 Å². The lowest BCUT2D eigenvalue weighted by Crippen LogP contribution is -2.27. The minimum absolute atomic E-state index is 0.118. The monoisotopic (exact) mass is 261 g/mol. The van der Waals surface area contributed by atoms with Crippen LogP contribution in [0.3, 0.4) is 0 Å². The van der Waals surface area contributed by atoms with Gasteiger partial charge in [-0.15, -0.1) is 0 Å². The molecule has 1 aromatic rings. The first-order valence-electron chi connectivity index (χ1n) is 7.05. The lowest BCUT2D eigenvalue weighted by molar-refractivity contribution is -0.116.